The van der Waals surface area contributed by atoms with Crippen LogP contribution < -0.4 is 10.1 Å². The lowest BCUT2D eigenvalue weighted by atomic mass is 10.1. The van der Waals surface area contributed by atoms with Crippen molar-refractivity contribution in [3.05, 3.63) is 29.8 Å². The Bertz CT molecular complexity index is 472. The highest BCUT2D eigenvalue weighted by Gasteiger charge is 2.27. The molecule has 1 aromatic rings. The normalized spacial score (nSPS) is 10.9. The molecule has 0 radical (unpaired) electrons. The first-order valence-corrected chi connectivity index (χ1v) is 5.35. The third-order valence-corrected chi connectivity index (χ3v) is 2.10. The quantitative estimate of drug-likeness (QED) is 0.836. The summed E-state index contributed by atoms with van der Waals surface area (Å²) in [5, 5.41) is 1.67. The summed E-state index contributed by atoms with van der Waals surface area (Å²) in [4.78, 5) is 22.2. The summed E-state index contributed by atoms with van der Waals surface area (Å²) >= 11 is 0. The van der Waals surface area contributed by atoms with Crippen molar-refractivity contribution >= 4 is 11.7 Å². The van der Waals surface area contributed by atoms with Crippen LogP contribution in [0.15, 0.2) is 24.3 Å². The van der Waals surface area contributed by atoms with E-state index in [4.69, 9.17) is 4.74 Å². The van der Waals surface area contributed by atoms with Gasteiger partial charge in [0, 0.05) is 5.56 Å². The molecule has 0 aliphatic heterocycles. The lowest BCUT2D eigenvalue weighted by Gasteiger charge is -2.09. The van der Waals surface area contributed by atoms with Gasteiger partial charge in [-0.2, -0.15) is 13.2 Å². The number of rotatable bonds is 5. The van der Waals surface area contributed by atoms with Gasteiger partial charge in [0.2, 0.25) is 0 Å². The van der Waals surface area contributed by atoms with Crippen LogP contribution in [0.3, 0.4) is 0 Å². The molecular formula is C12H12F3NO3. The Morgan fingerprint density at radius 2 is 2.00 bits per heavy atom. The van der Waals surface area contributed by atoms with Gasteiger partial charge in [-0.15, -0.1) is 0 Å². The van der Waals surface area contributed by atoms with Crippen LogP contribution in [0, 0.1) is 0 Å². The highest BCUT2D eigenvalue weighted by molar-refractivity contribution is 5.94. The zero-order valence-electron chi connectivity index (χ0n) is 10.1. The zero-order valence-corrected chi connectivity index (χ0v) is 10.1. The standard InChI is InChI=1S/C12H12F3NO3/c1-8(17)9-3-2-4-10(5-9)19-6-11(18)16-7-12(13,14)15/h2-5H,6-7H2,1H3,(H,16,18). The van der Waals surface area contributed by atoms with Crippen molar-refractivity contribution in [1.82, 2.24) is 5.32 Å². The summed E-state index contributed by atoms with van der Waals surface area (Å²) in [5.74, 6) is -0.813. The largest absolute Gasteiger partial charge is 0.484 e. The van der Waals surface area contributed by atoms with Crippen molar-refractivity contribution in [3.63, 3.8) is 0 Å². The van der Waals surface area contributed by atoms with Gasteiger partial charge in [-0.25, -0.2) is 0 Å². The van der Waals surface area contributed by atoms with Crippen molar-refractivity contribution in [2.75, 3.05) is 13.2 Å². The van der Waals surface area contributed by atoms with E-state index in [9.17, 15) is 22.8 Å². The van der Waals surface area contributed by atoms with Crippen LogP contribution in [0.5, 0.6) is 5.75 Å². The Balaban J connectivity index is 2.46. The van der Waals surface area contributed by atoms with Gasteiger partial charge >= 0.3 is 6.18 Å². The minimum absolute atomic E-state index is 0.174. The predicted octanol–water partition coefficient (Wildman–Crippen LogP) is 1.95. The third kappa shape index (κ3) is 5.89. The average Bonchev–Trinajstić information content (AvgIpc) is 2.33. The summed E-state index contributed by atoms with van der Waals surface area (Å²) in [6, 6.07) is 6.04. The van der Waals surface area contributed by atoms with Gasteiger partial charge in [0.05, 0.1) is 0 Å². The molecule has 0 fully saturated rings. The maximum absolute atomic E-state index is 11.8. The highest BCUT2D eigenvalue weighted by atomic mass is 19.4. The van der Waals surface area contributed by atoms with E-state index < -0.39 is 25.2 Å². The highest BCUT2D eigenvalue weighted by Crippen LogP contribution is 2.14. The topological polar surface area (TPSA) is 55.4 Å². The Morgan fingerprint density at radius 3 is 2.58 bits per heavy atom. The van der Waals surface area contributed by atoms with Gasteiger partial charge in [-0.05, 0) is 19.1 Å². The van der Waals surface area contributed by atoms with Crippen LogP contribution in [0.2, 0.25) is 0 Å². The minimum atomic E-state index is -4.45. The second-order valence-corrected chi connectivity index (χ2v) is 3.76. The van der Waals surface area contributed by atoms with Gasteiger partial charge in [0.15, 0.2) is 12.4 Å². The number of nitrogens with one attached hydrogen (secondary N) is 1. The molecule has 7 heteroatoms. The summed E-state index contributed by atoms with van der Waals surface area (Å²) in [5.41, 5.74) is 0.396. The van der Waals surface area contributed by atoms with E-state index in [1.807, 2.05) is 0 Å². The molecule has 4 nitrogen and oxygen atoms in total. The number of hydrogen-bond acceptors (Lipinski definition) is 3. The molecule has 0 unspecified atom stereocenters. The van der Waals surface area contributed by atoms with Crippen LogP contribution in [-0.2, 0) is 4.79 Å². The number of carbonyl (C=O) groups excluding carboxylic acids is 2. The fraction of sp³-hybridized carbons (Fsp3) is 0.333. The number of alkyl halides is 3. The van der Waals surface area contributed by atoms with E-state index in [2.05, 4.69) is 0 Å². The molecule has 0 aromatic heterocycles. The van der Waals surface area contributed by atoms with Crippen molar-refractivity contribution in [1.29, 1.82) is 0 Å². The second kappa shape index (κ2) is 6.21. The maximum Gasteiger partial charge on any atom is 0.405 e. The van der Waals surface area contributed by atoms with Crippen LogP contribution >= 0.6 is 0 Å². The molecule has 1 rings (SSSR count). The first-order valence-electron chi connectivity index (χ1n) is 5.35. The molecule has 0 saturated carbocycles. The van der Waals surface area contributed by atoms with Gasteiger partial charge in [0.1, 0.15) is 12.3 Å². The summed E-state index contributed by atoms with van der Waals surface area (Å²) in [7, 11) is 0. The molecule has 0 bridgehead atoms. The van der Waals surface area contributed by atoms with E-state index in [1.165, 1.54) is 19.1 Å². The van der Waals surface area contributed by atoms with Crippen LogP contribution in [0.4, 0.5) is 13.2 Å². The molecule has 104 valence electrons. The van der Waals surface area contributed by atoms with Crippen molar-refractivity contribution in [2.24, 2.45) is 0 Å². The van der Waals surface area contributed by atoms with E-state index >= 15 is 0 Å². The number of Topliss-reactive ketones (excluding diaryl/α,β-unsaturated/α-hetero) is 1. The Hall–Kier alpha value is -2.05. The fourth-order valence-corrected chi connectivity index (χ4v) is 1.20. The van der Waals surface area contributed by atoms with Gasteiger partial charge in [0.25, 0.3) is 5.91 Å². The van der Waals surface area contributed by atoms with Gasteiger partial charge in [-0.1, -0.05) is 12.1 Å². The fourth-order valence-electron chi connectivity index (χ4n) is 1.20. The van der Waals surface area contributed by atoms with Gasteiger partial charge in [-0.3, -0.25) is 9.59 Å². The number of halogens is 3. The Labute approximate surface area is 107 Å². The summed E-state index contributed by atoms with van der Waals surface area (Å²) in [6.07, 6.45) is -4.45. The summed E-state index contributed by atoms with van der Waals surface area (Å²) < 4.78 is 40.5. The molecule has 0 aliphatic rings. The first-order chi connectivity index (χ1) is 8.78. The van der Waals surface area contributed by atoms with E-state index in [1.54, 1.807) is 17.4 Å². The summed E-state index contributed by atoms with van der Waals surface area (Å²) in [6.45, 7) is -0.574. The number of hydrogen-bond donors (Lipinski definition) is 1. The molecule has 0 spiro atoms. The van der Waals surface area contributed by atoms with Crippen molar-refractivity contribution in [3.8, 4) is 5.75 Å². The number of ketones is 1. The predicted molar refractivity (Wildman–Crippen MR) is 61.0 cm³/mol. The zero-order chi connectivity index (χ0) is 14.5. The smallest absolute Gasteiger partial charge is 0.405 e. The number of ether oxygens (including phenoxy) is 1. The maximum atomic E-state index is 11.8. The SMILES string of the molecule is CC(=O)c1cccc(OCC(=O)NCC(F)(F)F)c1. The van der Waals surface area contributed by atoms with Crippen molar-refractivity contribution in [2.45, 2.75) is 13.1 Å². The van der Waals surface area contributed by atoms with Crippen LogP contribution in [-0.4, -0.2) is 31.0 Å². The molecule has 1 amide bonds. The van der Waals surface area contributed by atoms with Crippen molar-refractivity contribution < 1.29 is 27.5 Å². The minimum Gasteiger partial charge on any atom is -0.484 e. The lowest BCUT2D eigenvalue weighted by Crippen LogP contribution is -2.36. The molecule has 1 aromatic carbocycles. The molecule has 0 atom stereocenters. The Morgan fingerprint density at radius 1 is 1.32 bits per heavy atom. The first kappa shape index (κ1) is 15.0. The van der Waals surface area contributed by atoms with Crippen LogP contribution in [0.25, 0.3) is 0 Å². The van der Waals surface area contributed by atoms with E-state index in [0.717, 1.165) is 0 Å². The Kier molecular flexibility index (Phi) is 4.91. The molecular weight excluding hydrogens is 263 g/mol. The molecule has 19 heavy (non-hydrogen) atoms. The lowest BCUT2D eigenvalue weighted by molar-refractivity contribution is -0.139. The monoisotopic (exact) mass is 275 g/mol. The number of carbonyl (C=O) groups is 2. The average molecular weight is 275 g/mol. The molecule has 0 aliphatic carbocycles. The molecule has 0 heterocycles. The van der Waals surface area contributed by atoms with E-state index in [0.29, 0.717) is 5.56 Å². The van der Waals surface area contributed by atoms with Crippen LogP contribution in [0.1, 0.15) is 17.3 Å². The third-order valence-electron chi connectivity index (χ3n) is 2.10. The van der Waals surface area contributed by atoms with E-state index in [-0.39, 0.29) is 11.5 Å². The number of amides is 1. The number of benzene rings is 1. The molecule has 0 saturated heterocycles. The molecule has 1 N–H and O–H groups in total. The second-order valence-electron chi connectivity index (χ2n) is 3.76. The van der Waals surface area contributed by atoms with Gasteiger partial charge < -0.3 is 10.1 Å².